The van der Waals surface area contributed by atoms with E-state index in [1.807, 2.05) is 0 Å². The predicted octanol–water partition coefficient (Wildman–Crippen LogP) is 2.87. The zero-order chi connectivity index (χ0) is 19.7. The Hall–Kier alpha value is -2.72. The molecule has 0 fully saturated rings. The number of ether oxygens (including phenoxy) is 1. The molecule has 0 radical (unpaired) electrons. The van der Waals surface area contributed by atoms with E-state index >= 15 is 0 Å². The molecule has 2 rings (SSSR count). The lowest BCUT2D eigenvalue weighted by atomic mass is 10.1. The van der Waals surface area contributed by atoms with Crippen molar-refractivity contribution in [1.82, 2.24) is 0 Å². The first-order valence-corrected chi connectivity index (χ1v) is 7.11. The van der Waals surface area contributed by atoms with Crippen molar-refractivity contribution in [2.24, 2.45) is 10.7 Å². The van der Waals surface area contributed by atoms with Crippen LogP contribution in [0.5, 0.6) is 0 Å². The molecule has 0 aromatic heterocycles. The van der Waals surface area contributed by atoms with Crippen molar-refractivity contribution in [2.45, 2.75) is 12.4 Å². The Labute approximate surface area is 143 Å². The third-order valence-electron chi connectivity index (χ3n) is 3.54. The number of hydrogen-bond acceptors (Lipinski definition) is 5. The third kappa shape index (κ3) is 3.92. The molecular weight excluding hydrogens is 368 g/mol. The monoisotopic (exact) mass is 381 g/mol. The first-order chi connectivity index (χ1) is 12.0. The summed E-state index contributed by atoms with van der Waals surface area (Å²) in [7, 11) is 0.879. The van der Waals surface area contributed by atoms with Crippen molar-refractivity contribution >= 4 is 17.5 Å². The van der Waals surface area contributed by atoms with Gasteiger partial charge >= 0.3 is 18.3 Å². The van der Waals surface area contributed by atoms with Crippen LogP contribution < -0.4 is 10.6 Å². The summed E-state index contributed by atoms with van der Waals surface area (Å²) in [6, 6.07) is 3.70. The molecule has 0 saturated heterocycles. The van der Waals surface area contributed by atoms with Gasteiger partial charge in [0.25, 0.3) is 0 Å². The van der Waals surface area contributed by atoms with Gasteiger partial charge in [0.1, 0.15) is 17.1 Å². The molecule has 0 bridgehead atoms. The fraction of sp³-hybridized carbons (Fsp3) is 0.333. The van der Waals surface area contributed by atoms with Crippen LogP contribution in [0.2, 0.25) is 0 Å². The number of rotatable bonds is 3. The highest BCUT2D eigenvalue weighted by Crippen LogP contribution is 2.32. The zero-order valence-electron chi connectivity index (χ0n) is 13.3. The molecule has 2 N–H and O–H groups in total. The maximum Gasteiger partial charge on any atom is 0.431 e. The summed E-state index contributed by atoms with van der Waals surface area (Å²) in [6.07, 6.45) is -9.57. The van der Waals surface area contributed by atoms with Crippen molar-refractivity contribution in [3.8, 4) is 0 Å². The van der Waals surface area contributed by atoms with Crippen LogP contribution in [0.15, 0.2) is 40.5 Å². The predicted molar refractivity (Wildman–Crippen MR) is 80.4 cm³/mol. The van der Waals surface area contributed by atoms with Gasteiger partial charge in [0, 0.05) is 12.2 Å². The maximum atomic E-state index is 13.0. The summed E-state index contributed by atoms with van der Waals surface area (Å²) in [4.78, 5) is 16.9. The lowest BCUT2D eigenvalue weighted by molar-refractivity contribution is -0.138. The number of hydrogen-bond donors (Lipinski definition) is 1. The number of methoxy groups -OCH3 is 1. The molecule has 0 atom stereocenters. The van der Waals surface area contributed by atoms with Crippen LogP contribution in [0.4, 0.5) is 32.0 Å². The summed E-state index contributed by atoms with van der Waals surface area (Å²) >= 11 is 0. The number of alkyl halides is 6. The second kappa shape index (κ2) is 6.89. The van der Waals surface area contributed by atoms with Gasteiger partial charge in [0.05, 0.1) is 19.2 Å². The van der Waals surface area contributed by atoms with Crippen LogP contribution in [-0.4, -0.2) is 38.2 Å². The number of amidine groups is 1. The molecule has 0 saturated carbocycles. The van der Waals surface area contributed by atoms with Gasteiger partial charge in [-0.3, -0.25) is 4.99 Å². The van der Waals surface area contributed by atoms with Gasteiger partial charge in [0.15, 0.2) is 0 Å². The van der Waals surface area contributed by atoms with E-state index in [9.17, 15) is 31.1 Å². The molecule has 0 amide bonds. The second-order valence-corrected chi connectivity index (χ2v) is 5.18. The molecule has 11 heteroatoms. The van der Waals surface area contributed by atoms with E-state index in [4.69, 9.17) is 5.73 Å². The van der Waals surface area contributed by atoms with Gasteiger partial charge in [0.2, 0.25) is 0 Å². The number of nitrogens with two attached hydrogens (primary N) is 1. The summed E-state index contributed by atoms with van der Waals surface area (Å²) in [5, 5.41) is 0. The van der Waals surface area contributed by atoms with E-state index in [1.165, 1.54) is 4.90 Å². The van der Waals surface area contributed by atoms with Crippen LogP contribution in [0, 0.1) is 0 Å². The number of carbonyl (C=O) groups excluding carboxylic acids is 1. The number of carbonyl (C=O) groups is 1. The second-order valence-electron chi connectivity index (χ2n) is 5.18. The minimum absolute atomic E-state index is 0.0297. The average molecular weight is 381 g/mol. The van der Waals surface area contributed by atoms with E-state index in [2.05, 4.69) is 9.73 Å². The zero-order valence-corrected chi connectivity index (χ0v) is 13.3. The average Bonchev–Trinajstić information content (AvgIpc) is 3.02. The molecular formula is C15H13F6N3O2. The van der Waals surface area contributed by atoms with Crippen LogP contribution in [-0.2, 0) is 15.7 Å². The highest BCUT2D eigenvalue weighted by Gasteiger charge is 2.41. The van der Waals surface area contributed by atoms with E-state index in [-0.39, 0.29) is 18.8 Å². The van der Waals surface area contributed by atoms with E-state index < -0.39 is 41.0 Å². The molecule has 0 unspecified atom stereocenters. The maximum absolute atomic E-state index is 13.0. The van der Waals surface area contributed by atoms with Crippen molar-refractivity contribution in [3.05, 3.63) is 41.1 Å². The molecule has 0 aliphatic carbocycles. The molecule has 1 aromatic carbocycles. The highest BCUT2D eigenvalue weighted by atomic mass is 19.4. The minimum atomic E-state index is -5.01. The number of benzene rings is 1. The van der Waals surface area contributed by atoms with Crippen molar-refractivity contribution in [1.29, 1.82) is 0 Å². The SMILES string of the molecule is COC(=O)C(C1=NCCN1c1ccc(C(F)(F)F)cc1)=C(N)C(F)(F)F. The lowest BCUT2D eigenvalue weighted by Gasteiger charge is -2.23. The quantitative estimate of drug-likeness (QED) is 0.497. The largest absolute Gasteiger partial charge is 0.465 e. The van der Waals surface area contributed by atoms with Gasteiger partial charge in [-0.05, 0) is 24.3 Å². The molecule has 0 spiro atoms. The van der Waals surface area contributed by atoms with Crippen molar-refractivity contribution in [3.63, 3.8) is 0 Å². The summed E-state index contributed by atoms with van der Waals surface area (Å²) in [5.41, 5.74) is 1.60. The Morgan fingerprint density at radius 1 is 1.15 bits per heavy atom. The van der Waals surface area contributed by atoms with Crippen molar-refractivity contribution < 1.29 is 35.9 Å². The topological polar surface area (TPSA) is 67.9 Å². The summed E-state index contributed by atoms with van der Waals surface area (Å²) in [6.45, 7) is 0.0916. The first-order valence-electron chi connectivity index (χ1n) is 7.11. The molecule has 1 heterocycles. The molecule has 1 aromatic rings. The van der Waals surface area contributed by atoms with Gasteiger partial charge in [-0.1, -0.05) is 0 Å². The van der Waals surface area contributed by atoms with Crippen LogP contribution in [0.3, 0.4) is 0 Å². The number of allylic oxidation sites excluding steroid dienone is 1. The molecule has 1 aliphatic rings. The Morgan fingerprint density at radius 3 is 2.19 bits per heavy atom. The normalized spacial score (nSPS) is 16.3. The van der Waals surface area contributed by atoms with Gasteiger partial charge in [-0.25, -0.2) is 4.79 Å². The number of anilines is 1. The fourth-order valence-electron chi connectivity index (χ4n) is 2.31. The standard InChI is InChI=1S/C15H13F6N3O2/c1-26-13(25)10(11(22)15(19,20)21)12-23-6-7-24(12)9-4-2-8(3-5-9)14(16,17)18/h2-5H,6-7,22H2,1H3. The highest BCUT2D eigenvalue weighted by molar-refractivity contribution is 6.25. The fourth-order valence-corrected chi connectivity index (χ4v) is 2.31. The Kier molecular flexibility index (Phi) is 5.19. The molecule has 5 nitrogen and oxygen atoms in total. The van der Waals surface area contributed by atoms with E-state index in [1.54, 1.807) is 0 Å². The number of aliphatic imine (C=N–C) groups is 1. The van der Waals surface area contributed by atoms with Gasteiger partial charge < -0.3 is 15.4 Å². The van der Waals surface area contributed by atoms with Crippen LogP contribution >= 0.6 is 0 Å². The number of halogens is 6. The summed E-state index contributed by atoms with van der Waals surface area (Å²) < 4.78 is 81.2. The Morgan fingerprint density at radius 2 is 1.73 bits per heavy atom. The molecule has 1 aliphatic heterocycles. The Bertz CT molecular complexity index is 750. The smallest absolute Gasteiger partial charge is 0.431 e. The number of esters is 1. The van der Waals surface area contributed by atoms with Gasteiger partial charge in [-0.2, -0.15) is 26.3 Å². The van der Waals surface area contributed by atoms with E-state index in [0.29, 0.717) is 0 Å². The van der Waals surface area contributed by atoms with Gasteiger partial charge in [-0.15, -0.1) is 0 Å². The van der Waals surface area contributed by atoms with Crippen LogP contribution in [0.1, 0.15) is 5.56 Å². The first kappa shape index (κ1) is 19.6. The minimum Gasteiger partial charge on any atom is -0.465 e. The van der Waals surface area contributed by atoms with E-state index in [0.717, 1.165) is 31.4 Å². The van der Waals surface area contributed by atoms with Crippen molar-refractivity contribution in [2.75, 3.05) is 25.1 Å². The third-order valence-corrected chi connectivity index (χ3v) is 3.54. The molecule has 26 heavy (non-hydrogen) atoms. The summed E-state index contributed by atoms with van der Waals surface area (Å²) in [5.74, 6) is -1.76. The molecule has 142 valence electrons. The number of nitrogens with zero attached hydrogens (tertiary/aromatic N) is 2. The van der Waals surface area contributed by atoms with Crippen LogP contribution in [0.25, 0.3) is 0 Å². The lowest BCUT2D eigenvalue weighted by Crippen LogP contribution is -2.36. The Balaban J connectivity index is 2.46.